The topological polar surface area (TPSA) is 33.1 Å². The minimum atomic E-state index is 0.741. The molecule has 0 saturated heterocycles. The highest BCUT2D eigenvalue weighted by Gasteiger charge is 2.11. The number of hydrogen-bond acceptors (Lipinski definition) is 2. The summed E-state index contributed by atoms with van der Waals surface area (Å²) in [5, 5.41) is 4.24. The van der Waals surface area contributed by atoms with Crippen LogP contribution < -0.4 is 5.32 Å². The Hall–Kier alpha value is -2.66. The fourth-order valence-corrected chi connectivity index (χ4v) is 3.33. The molecule has 3 aromatic rings. The standard InChI is InChI=1S/C23H28N4S/c1-19-8-10-21(11-9-19)16-25-23(28)27(14-5-13-26-15-12-24-18-26)17-22-7-4-3-6-20(22)2/h3-4,6-12,15,18H,5,13-14,16-17H2,1-2H3,(H,25,28). The molecule has 1 aromatic heterocycles. The molecule has 0 saturated carbocycles. The third-order valence-corrected chi connectivity index (χ3v) is 5.28. The first-order valence-corrected chi connectivity index (χ1v) is 10.1. The summed E-state index contributed by atoms with van der Waals surface area (Å²) >= 11 is 5.75. The maximum atomic E-state index is 5.75. The van der Waals surface area contributed by atoms with Crippen molar-refractivity contribution in [1.29, 1.82) is 0 Å². The number of rotatable bonds is 8. The van der Waals surface area contributed by atoms with Gasteiger partial charge in [-0.15, -0.1) is 0 Å². The van der Waals surface area contributed by atoms with Crippen LogP contribution in [0.25, 0.3) is 0 Å². The van der Waals surface area contributed by atoms with E-state index in [1.54, 1.807) is 0 Å². The second-order valence-corrected chi connectivity index (χ2v) is 7.53. The van der Waals surface area contributed by atoms with Crippen LogP contribution in [0, 0.1) is 13.8 Å². The maximum Gasteiger partial charge on any atom is 0.169 e. The minimum Gasteiger partial charge on any atom is -0.358 e. The number of hydrogen-bond donors (Lipinski definition) is 1. The Balaban J connectivity index is 1.62. The van der Waals surface area contributed by atoms with Gasteiger partial charge in [-0.2, -0.15) is 0 Å². The number of nitrogens with one attached hydrogen (secondary N) is 1. The van der Waals surface area contributed by atoms with E-state index in [1.807, 2.05) is 18.7 Å². The van der Waals surface area contributed by atoms with Gasteiger partial charge in [0.1, 0.15) is 0 Å². The van der Waals surface area contributed by atoms with Gasteiger partial charge >= 0.3 is 0 Å². The average Bonchev–Trinajstić information content (AvgIpc) is 3.21. The highest BCUT2D eigenvalue weighted by Crippen LogP contribution is 2.12. The van der Waals surface area contributed by atoms with Crippen LogP contribution in [0.3, 0.4) is 0 Å². The van der Waals surface area contributed by atoms with Gasteiger partial charge in [-0.25, -0.2) is 4.98 Å². The van der Waals surface area contributed by atoms with E-state index in [2.05, 4.69) is 82.1 Å². The van der Waals surface area contributed by atoms with Crippen molar-refractivity contribution < 1.29 is 0 Å². The fraction of sp³-hybridized carbons (Fsp3) is 0.304. The molecular weight excluding hydrogens is 364 g/mol. The Labute approximate surface area is 173 Å². The van der Waals surface area contributed by atoms with Crippen LogP contribution in [-0.4, -0.2) is 26.1 Å². The predicted octanol–water partition coefficient (Wildman–Crippen LogP) is 4.47. The third kappa shape index (κ3) is 5.92. The van der Waals surface area contributed by atoms with Crippen molar-refractivity contribution in [2.75, 3.05) is 6.54 Å². The average molecular weight is 393 g/mol. The first-order valence-electron chi connectivity index (χ1n) is 9.70. The molecule has 0 radical (unpaired) electrons. The minimum absolute atomic E-state index is 0.741. The lowest BCUT2D eigenvalue weighted by Crippen LogP contribution is -2.40. The van der Waals surface area contributed by atoms with Crippen molar-refractivity contribution in [2.24, 2.45) is 0 Å². The lowest BCUT2D eigenvalue weighted by atomic mass is 10.1. The number of imidazole rings is 1. The Bertz CT molecular complexity index is 872. The van der Waals surface area contributed by atoms with E-state index in [1.165, 1.54) is 22.3 Å². The van der Waals surface area contributed by atoms with Gasteiger partial charge < -0.3 is 14.8 Å². The number of aromatic nitrogens is 2. The molecule has 2 aromatic carbocycles. The molecule has 0 amide bonds. The highest BCUT2D eigenvalue weighted by molar-refractivity contribution is 7.80. The van der Waals surface area contributed by atoms with Gasteiger partial charge in [0.15, 0.2) is 5.11 Å². The molecule has 0 spiro atoms. The number of benzene rings is 2. The van der Waals surface area contributed by atoms with Crippen molar-refractivity contribution in [3.63, 3.8) is 0 Å². The van der Waals surface area contributed by atoms with Gasteiger partial charge in [-0.1, -0.05) is 54.1 Å². The van der Waals surface area contributed by atoms with Crippen LogP contribution in [-0.2, 0) is 19.6 Å². The van der Waals surface area contributed by atoms with Crippen LogP contribution in [0.5, 0.6) is 0 Å². The summed E-state index contributed by atoms with van der Waals surface area (Å²) in [4.78, 5) is 6.38. The predicted molar refractivity (Wildman–Crippen MR) is 119 cm³/mol. The molecule has 3 rings (SSSR count). The maximum absolute atomic E-state index is 5.75. The molecule has 5 heteroatoms. The van der Waals surface area contributed by atoms with E-state index in [0.717, 1.165) is 37.7 Å². The zero-order valence-corrected chi connectivity index (χ0v) is 17.5. The highest BCUT2D eigenvalue weighted by atomic mass is 32.1. The van der Waals surface area contributed by atoms with Crippen molar-refractivity contribution in [1.82, 2.24) is 19.8 Å². The lowest BCUT2D eigenvalue weighted by molar-refractivity contribution is 0.384. The fourth-order valence-electron chi connectivity index (χ4n) is 3.10. The lowest BCUT2D eigenvalue weighted by Gasteiger charge is -2.27. The smallest absolute Gasteiger partial charge is 0.169 e. The number of thiocarbonyl (C=S) groups is 1. The summed E-state index contributed by atoms with van der Waals surface area (Å²) in [5.41, 5.74) is 5.11. The summed E-state index contributed by atoms with van der Waals surface area (Å²) in [5.74, 6) is 0. The third-order valence-electron chi connectivity index (χ3n) is 4.88. The van der Waals surface area contributed by atoms with Gasteiger partial charge in [0.25, 0.3) is 0 Å². The van der Waals surface area contributed by atoms with Crippen LogP contribution in [0.4, 0.5) is 0 Å². The van der Waals surface area contributed by atoms with Crippen molar-refractivity contribution in [2.45, 2.75) is 39.9 Å². The SMILES string of the molecule is Cc1ccc(CNC(=S)N(CCCn2ccnc2)Cc2ccccc2C)cc1. The zero-order chi connectivity index (χ0) is 19.8. The largest absolute Gasteiger partial charge is 0.358 e. The van der Waals surface area contributed by atoms with Crippen molar-refractivity contribution >= 4 is 17.3 Å². The van der Waals surface area contributed by atoms with Gasteiger partial charge in [0.05, 0.1) is 6.33 Å². The van der Waals surface area contributed by atoms with E-state index in [4.69, 9.17) is 12.2 Å². The molecule has 0 aliphatic rings. The normalized spacial score (nSPS) is 10.6. The first-order chi connectivity index (χ1) is 13.6. The van der Waals surface area contributed by atoms with Crippen molar-refractivity contribution in [3.8, 4) is 0 Å². The van der Waals surface area contributed by atoms with Gasteiger partial charge in [0.2, 0.25) is 0 Å². The first kappa shape index (κ1) is 20.1. The molecule has 0 fully saturated rings. The summed E-state index contributed by atoms with van der Waals surface area (Å²) in [6, 6.07) is 17.1. The molecule has 0 unspecified atom stereocenters. The summed E-state index contributed by atoms with van der Waals surface area (Å²) in [6.45, 7) is 7.64. The van der Waals surface area contributed by atoms with Crippen LogP contribution >= 0.6 is 12.2 Å². The molecular formula is C23H28N4S. The van der Waals surface area contributed by atoms with Crippen LogP contribution in [0.2, 0.25) is 0 Å². The summed E-state index contributed by atoms with van der Waals surface area (Å²) in [7, 11) is 0. The van der Waals surface area contributed by atoms with Gasteiger partial charge in [-0.05, 0) is 49.2 Å². The molecule has 0 aliphatic carbocycles. The van der Waals surface area contributed by atoms with E-state index in [-0.39, 0.29) is 0 Å². The second kappa shape index (κ2) is 10.0. The Morgan fingerprint density at radius 2 is 1.89 bits per heavy atom. The monoisotopic (exact) mass is 392 g/mol. The molecule has 1 N–H and O–H groups in total. The molecule has 28 heavy (non-hydrogen) atoms. The van der Waals surface area contributed by atoms with Crippen molar-refractivity contribution in [3.05, 3.63) is 89.5 Å². The quantitative estimate of drug-likeness (QED) is 0.574. The number of aryl methyl sites for hydroxylation is 3. The van der Waals surface area contributed by atoms with E-state index in [0.29, 0.717) is 0 Å². The van der Waals surface area contributed by atoms with Gasteiger partial charge in [-0.3, -0.25) is 0 Å². The summed E-state index contributed by atoms with van der Waals surface area (Å²) in [6.07, 6.45) is 6.69. The van der Waals surface area contributed by atoms with E-state index in [9.17, 15) is 0 Å². The zero-order valence-electron chi connectivity index (χ0n) is 16.6. The Morgan fingerprint density at radius 3 is 2.61 bits per heavy atom. The molecule has 0 atom stereocenters. The second-order valence-electron chi connectivity index (χ2n) is 7.15. The molecule has 0 aliphatic heterocycles. The Kier molecular flexibility index (Phi) is 7.20. The molecule has 146 valence electrons. The molecule has 4 nitrogen and oxygen atoms in total. The molecule has 1 heterocycles. The van der Waals surface area contributed by atoms with E-state index >= 15 is 0 Å². The molecule has 0 bridgehead atoms. The summed E-state index contributed by atoms with van der Waals surface area (Å²) < 4.78 is 2.11. The Morgan fingerprint density at radius 1 is 1.11 bits per heavy atom. The van der Waals surface area contributed by atoms with E-state index < -0.39 is 0 Å². The van der Waals surface area contributed by atoms with Gasteiger partial charge in [0, 0.05) is 38.6 Å². The number of nitrogens with zero attached hydrogens (tertiary/aromatic N) is 3. The van der Waals surface area contributed by atoms with Crippen LogP contribution in [0.1, 0.15) is 28.7 Å². The van der Waals surface area contributed by atoms with Crippen LogP contribution in [0.15, 0.2) is 67.3 Å².